The Morgan fingerprint density at radius 1 is 1.12 bits per heavy atom. The number of rotatable bonds is 10. The number of anilines is 4. The van der Waals surface area contributed by atoms with Gasteiger partial charge in [-0.1, -0.05) is 13.3 Å². The largest absolute Gasteiger partial charge is 0.384 e. The maximum absolute atomic E-state index is 11.9. The zero-order valence-electron chi connectivity index (χ0n) is 20.4. The van der Waals surface area contributed by atoms with Gasteiger partial charge in [-0.2, -0.15) is 0 Å². The number of carbonyl (C=O) groups excluding carboxylic acids is 1. The topological polar surface area (TPSA) is 72.5 Å². The third-order valence-corrected chi connectivity index (χ3v) is 7.53. The summed E-state index contributed by atoms with van der Waals surface area (Å²) in [6, 6.07) is 8.73. The van der Waals surface area contributed by atoms with Gasteiger partial charge >= 0.3 is 0 Å². The Labute approximate surface area is 211 Å². The molecule has 1 aliphatic carbocycles. The van der Waals surface area contributed by atoms with Crippen LogP contribution in [-0.2, 0) is 11.2 Å². The summed E-state index contributed by atoms with van der Waals surface area (Å²) >= 11 is 3.60. The molecule has 0 bridgehead atoms. The second kappa shape index (κ2) is 11.9. The molecule has 184 valence electrons. The van der Waals surface area contributed by atoms with Crippen molar-refractivity contribution in [2.45, 2.75) is 39.0 Å². The Morgan fingerprint density at radius 3 is 2.62 bits per heavy atom. The second-order valence-corrected chi connectivity index (χ2v) is 10.2. The number of hydrogen-bond donors (Lipinski definition) is 3. The molecule has 2 heterocycles. The molecule has 3 N–H and O–H groups in total. The highest BCUT2D eigenvalue weighted by atomic mass is 79.9. The van der Waals surface area contributed by atoms with E-state index in [4.69, 9.17) is 0 Å². The van der Waals surface area contributed by atoms with Gasteiger partial charge in [-0.3, -0.25) is 4.79 Å². The molecule has 1 amide bonds. The van der Waals surface area contributed by atoms with Crippen LogP contribution in [-0.4, -0.2) is 62.1 Å². The number of benzene rings is 1. The normalized spacial score (nSPS) is 16.7. The van der Waals surface area contributed by atoms with Crippen LogP contribution in [0.25, 0.3) is 0 Å². The van der Waals surface area contributed by atoms with Crippen LogP contribution in [0.2, 0.25) is 0 Å². The van der Waals surface area contributed by atoms with Crippen molar-refractivity contribution in [3.05, 3.63) is 40.5 Å². The van der Waals surface area contributed by atoms with Crippen molar-refractivity contribution in [2.75, 3.05) is 61.8 Å². The number of pyridine rings is 1. The van der Waals surface area contributed by atoms with Crippen LogP contribution in [0.5, 0.6) is 0 Å². The first kappa shape index (κ1) is 24.8. The maximum Gasteiger partial charge on any atom is 0.223 e. The van der Waals surface area contributed by atoms with Gasteiger partial charge in [0.1, 0.15) is 5.82 Å². The first-order valence-electron chi connectivity index (χ1n) is 12.5. The Bertz CT molecular complexity index is 972. The van der Waals surface area contributed by atoms with E-state index in [1.165, 1.54) is 17.7 Å². The van der Waals surface area contributed by atoms with E-state index in [2.05, 4.69) is 78.8 Å². The number of hydrogen-bond acceptors (Lipinski definition) is 6. The van der Waals surface area contributed by atoms with Gasteiger partial charge in [0, 0.05) is 68.8 Å². The van der Waals surface area contributed by atoms with Crippen molar-refractivity contribution in [2.24, 2.45) is 5.92 Å². The van der Waals surface area contributed by atoms with Crippen molar-refractivity contribution in [1.29, 1.82) is 0 Å². The summed E-state index contributed by atoms with van der Waals surface area (Å²) in [5.41, 5.74) is 4.68. The Morgan fingerprint density at radius 2 is 1.91 bits per heavy atom. The molecule has 1 aliphatic heterocycles. The molecule has 0 atom stereocenters. The summed E-state index contributed by atoms with van der Waals surface area (Å²) < 4.78 is 0.928. The number of likely N-dealkylation sites (N-methyl/N-ethyl adjacent to an activating group) is 1. The number of carbonyl (C=O) groups is 1. The lowest BCUT2D eigenvalue weighted by Gasteiger charge is -2.34. The predicted molar refractivity (Wildman–Crippen MR) is 144 cm³/mol. The number of aryl methyl sites for hydroxylation is 1. The standard InChI is InChI=1S/C26H37BrN6O/c1-3-19-16-21(33-14-12-32(2)13-15-33)8-9-23(19)31-25-17-24(22(27)18-30-25)28-10-5-11-29-26(34)20-6-4-7-20/h8-9,16-18,20H,3-7,10-15H2,1-2H3,(H,29,34)(H2,28,30,31). The molecule has 0 unspecified atom stereocenters. The average molecular weight is 530 g/mol. The van der Waals surface area contributed by atoms with Gasteiger partial charge in [0.05, 0.1) is 10.2 Å². The summed E-state index contributed by atoms with van der Waals surface area (Å²) in [4.78, 5) is 21.4. The third kappa shape index (κ3) is 6.42. The van der Waals surface area contributed by atoms with E-state index in [-0.39, 0.29) is 11.8 Å². The fourth-order valence-electron chi connectivity index (χ4n) is 4.37. The van der Waals surface area contributed by atoms with E-state index >= 15 is 0 Å². The minimum absolute atomic E-state index is 0.216. The third-order valence-electron chi connectivity index (χ3n) is 6.90. The molecular formula is C26H37BrN6O. The van der Waals surface area contributed by atoms with Crippen LogP contribution in [0.15, 0.2) is 34.9 Å². The second-order valence-electron chi connectivity index (χ2n) is 9.36. The Balaban J connectivity index is 1.32. The van der Waals surface area contributed by atoms with E-state index in [9.17, 15) is 4.79 Å². The SMILES string of the molecule is CCc1cc(N2CCN(C)CC2)ccc1Nc1cc(NCCCNC(=O)C2CCC2)c(Br)cn1. The maximum atomic E-state index is 11.9. The van der Waals surface area contributed by atoms with E-state index in [1.54, 1.807) is 0 Å². The zero-order chi connectivity index (χ0) is 23.9. The Hall–Kier alpha value is -2.32. The lowest BCUT2D eigenvalue weighted by atomic mass is 9.85. The van der Waals surface area contributed by atoms with E-state index < -0.39 is 0 Å². The molecule has 7 nitrogen and oxygen atoms in total. The van der Waals surface area contributed by atoms with Crippen molar-refractivity contribution < 1.29 is 4.79 Å². The minimum atomic E-state index is 0.216. The van der Waals surface area contributed by atoms with E-state index in [0.29, 0.717) is 6.54 Å². The van der Waals surface area contributed by atoms with Gasteiger partial charge in [0.15, 0.2) is 0 Å². The smallest absolute Gasteiger partial charge is 0.223 e. The number of piperazine rings is 1. The van der Waals surface area contributed by atoms with Crippen molar-refractivity contribution >= 4 is 44.7 Å². The van der Waals surface area contributed by atoms with Crippen LogP contribution in [0.3, 0.4) is 0 Å². The minimum Gasteiger partial charge on any atom is -0.384 e. The van der Waals surface area contributed by atoms with Crippen LogP contribution < -0.4 is 20.9 Å². The summed E-state index contributed by atoms with van der Waals surface area (Å²) in [5.74, 6) is 1.28. The van der Waals surface area contributed by atoms with Gasteiger partial charge in [-0.25, -0.2) is 4.98 Å². The first-order valence-corrected chi connectivity index (χ1v) is 13.3. The molecule has 8 heteroatoms. The van der Waals surface area contributed by atoms with Crippen molar-refractivity contribution in [1.82, 2.24) is 15.2 Å². The molecular weight excluding hydrogens is 492 g/mol. The number of halogens is 1. The molecule has 4 rings (SSSR count). The lowest BCUT2D eigenvalue weighted by molar-refractivity contribution is -0.127. The summed E-state index contributed by atoms with van der Waals surface area (Å²) in [7, 11) is 2.18. The number of nitrogens with one attached hydrogen (secondary N) is 3. The fraction of sp³-hybridized carbons (Fsp3) is 0.538. The van der Waals surface area contributed by atoms with Gasteiger partial charge in [-0.05, 0) is 72.4 Å². The van der Waals surface area contributed by atoms with Gasteiger partial charge in [-0.15, -0.1) is 0 Å². The molecule has 1 saturated carbocycles. The van der Waals surface area contributed by atoms with E-state index in [0.717, 1.165) is 80.1 Å². The highest BCUT2D eigenvalue weighted by molar-refractivity contribution is 9.10. The van der Waals surface area contributed by atoms with Crippen LogP contribution in [0.1, 0.15) is 38.2 Å². The molecule has 0 radical (unpaired) electrons. The van der Waals surface area contributed by atoms with Crippen LogP contribution in [0.4, 0.5) is 22.9 Å². The number of amides is 1. The fourth-order valence-corrected chi connectivity index (χ4v) is 4.73. The van der Waals surface area contributed by atoms with E-state index in [1.807, 2.05) is 12.3 Å². The summed E-state index contributed by atoms with van der Waals surface area (Å²) in [5, 5.41) is 10.0. The zero-order valence-corrected chi connectivity index (χ0v) is 22.0. The summed E-state index contributed by atoms with van der Waals surface area (Å²) in [6.45, 7) is 8.03. The highest BCUT2D eigenvalue weighted by Crippen LogP contribution is 2.30. The molecule has 1 saturated heterocycles. The van der Waals surface area contributed by atoms with Crippen LogP contribution >= 0.6 is 15.9 Å². The van der Waals surface area contributed by atoms with Gasteiger partial charge < -0.3 is 25.8 Å². The van der Waals surface area contributed by atoms with Gasteiger partial charge in [0.25, 0.3) is 0 Å². The summed E-state index contributed by atoms with van der Waals surface area (Å²) in [6.07, 6.45) is 6.94. The monoisotopic (exact) mass is 528 g/mol. The quantitative estimate of drug-likeness (QED) is 0.390. The average Bonchev–Trinajstić information content (AvgIpc) is 2.80. The molecule has 2 aliphatic rings. The number of nitrogens with zero attached hydrogens (tertiary/aromatic N) is 3. The molecule has 0 spiro atoms. The number of aromatic nitrogens is 1. The molecule has 34 heavy (non-hydrogen) atoms. The Kier molecular flexibility index (Phi) is 8.67. The molecule has 2 fully saturated rings. The van der Waals surface area contributed by atoms with Gasteiger partial charge in [0.2, 0.25) is 5.91 Å². The van der Waals surface area contributed by atoms with Crippen LogP contribution in [0, 0.1) is 5.92 Å². The molecule has 2 aromatic rings. The first-order chi connectivity index (χ1) is 16.5. The predicted octanol–water partition coefficient (Wildman–Crippen LogP) is 4.62. The lowest BCUT2D eigenvalue weighted by Crippen LogP contribution is -2.44. The molecule has 1 aromatic heterocycles. The molecule has 1 aromatic carbocycles. The van der Waals surface area contributed by atoms with Crippen molar-refractivity contribution in [3.63, 3.8) is 0 Å². The van der Waals surface area contributed by atoms with Crippen molar-refractivity contribution in [3.8, 4) is 0 Å². The highest BCUT2D eigenvalue weighted by Gasteiger charge is 2.24.